The zero-order valence-corrected chi connectivity index (χ0v) is 16.3. The summed E-state index contributed by atoms with van der Waals surface area (Å²) in [7, 11) is 0. The van der Waals surface area contributed by atoms with Crippen LogP contribution in [-0.2, 0) is 11.3 Å². The molecule has 2 aromatic rings. The number of rotatable bonds is 5. The number of nitrogens with zero attached hydrogens (tertiary/aromatic N) is 1. The molecule has 1 aliphatic rings. The standard InChI is InChI=1S/C21H27N3OS/c1-16-8-9-19(12-17(16)2)23-21(26)22-13-20-15-24(10-11-25-20)14-18-6-4-3-5-7-18/h3-9,12,20H,10-11,13-15H2,1-2H3,(H2,22,23,26)/t20-/m0/s1. The highest BCUT2D eigenvalue weighted by Crippen LogP contribution is 2.14. The third kappa shape index (κ3) is 5.53. The van der Waals surface area contributed by atoms with E-state index in [0.29, 0.717) is 11.7 Å². The van der Waals surface area contributed by atoms with Crippen LogP contribution < -0.4 is 10.6 Å². The fourth-order valence-corrected chi connectivity index (χ4v) is 3.29. The topological polar surface area (TPSA) is 36.5 Å². The smallest absolute Gasteiger partial charge is 0.170 e. The molecule has 0 amide bonds. The molecule has 0 radical (unpaired) electrons. The van der Waals surface area contributed by atoms with Crippen molar-refractivity contribution in [3.05, 3.63) is 65.2 Å². The van der Waals surface area contributed by atoms with Crippen LogP contribution in [0.1, 0.15) is 16.7 Å². The summed E-state index contributed by atoms with van der Waals surface area (Å²) >= 11 is 5.42. The molecule has 0 saturated carbocycles. The van der Waals surface area contributed by atoms with Gasteiger partial charge in [0.2, 0.25) is 0 Å². The maximum Gasteiger partial charge on any atom is 0.170 e. The predicted octanol–water partition coefficient (Wildman–Crippen LogP) is 3.49. The molecule has 1 saturated heterocycles. The number of benzene rings is 2. The number of hydrogen-bond donors (Lipinski definition) is 2. The Kier molecular flexibility index (Phi) is 6.61. The highest BCUT2D eigenvalue weighted by atomic mass is 32.1. The summed E-state index contributed by atoms with van der Waals surface area (Å²) in [6.07, 6.45) is 0.145. The average molecular weight is 370 g/mol. The van der Waals surface area contributed by atoms with Crippen LogP contribution in [0.15, 0.2) is 48.5 Å². The molecule has 0 aliphatic carbocycles. The van der Waals surface area contributed by atoms with Crippen LogP contribution in [0.5, 0.6) is 0 Å². The van der Waals surface area contributed by atoms with Crippen molar-refractivity contribution in [3.8, 4) is 0 Å². The first-order chi connectivity index (χ1) is 12.6. The quantitative estimate of drug-likeness (QED) is 0.789. The lowest BCUT2D eigenvalue weighted by molar-refractivity contribution is -0.0279. The van der Waals surface area contributed by atoms with Crippen LogP contribution in [-0.4, -0.2) is 42.4 Å². The number of aryl methyl sites for hydroxylation is 2. The van der Waals surface area contributed by atoms with Crippen molar-refractivity contribution in [1.29, 1.82) is 0 Å². The minimum absolute atomic E-state index is 0.145. The van der Waals surface area contributed by atoms with E-state index in [2.05, 4.69) is 77.9 Å². The molecule has 138 valence electrons. The van der Waals surface area contributed by atoms with Gasteiger partial charge in [-0.15, -0.1) is 0 Å². The summed E-state index contributed by atoms with van der Waals surface area (Å²) in [6.45, 7) is 8.53. The highest BCUT2D eigenvalue weighted by molar-refractivity contribution is 7.80. The van der Waals surface area contributed by atoms with Gasteiger partial charge in [-0.1, -0.05) is 36.4 Å². The summed E-state index contributed by atoms with van der Waals surface area (Å²) in [6, 6.07) is 16.8. The van der Waals surface area contributed by atoms with Crippen molar-refractivity contribution >= 4 is 23.0 Å². The fourth-order valence-electron chi connectivity index (χ4n) is 3.09. The molecule has 0 aromatic heterocycles. The Morgan fingerprint density at radius 3 is 2.73 bits per heavy atom. The van der Waals surface area contributed by atoms with Crippen LogP contribution in [0.3, 0.4) is 0 Å². The lowest BCUT2D eigenvalue weighted by Crippen LogP contribution is -2.47. The van der Waals surface area contributed by atoms with Gasteiger partial charge >= 0.3 is 0 Å². The summed E-state index contributed by atoms with van der Waals surface area (Å²) < 4.78 is 5.89. The Labute approximate surface area is 161 Å². The van der Waals surface area contributed by atoms with E-state index in [4.69, 9.17) is 17.0 Å². The summed E-state index contributed by atoms with van der Waals surface area (Å²) in [4.78, 5) is 2.44. The van der Waals surface area contributed by atoms with Crippen LogP contribution in [0.2, 0.25) is 0 Å². The van der Waals surface area contributed by atoms with Gasteiger partial charge in [-0.3, -0.25) is 4.90 Å². The van der Waals surface area contributed by atoms with Gasteiger partial charge in [0.15, 0.2) is 5.11 Å². The number of anilines is 1. The largest absolute Gasteiger partial charge is 0.374 e. The van der Waals surface area contributed by atoms with Crippen LogP contribution >= 0.6 is 12.2 Å². The van der Waals surface area contributed by atoms with Gasteiger partial charge in [0.25, 0.3) is 0 Å². The zero-order valence-electron chi connectivity index (χ0n) is 15.5. The Morgan fingerprint density at radius 1 is 1.15 bits per heavy atom. The minimum Gasteiger partial charge on any atom is -0.374 e. The molecule has 2 aromatic carbocycles. The highest BCUT2D eigenvalue weighted by Gasteiger charge is 2.20. The molecule has 0 bridgehead atoms. The van der Waals surface area contributed by atoms with Gasteiger partial charge in [-0.25, -0.2) is 0 Å². The SMILES string of the molecule is Cc1ccc(NC(=S)NC[C@H]2CN(Cc3ccccc3)CCO2)cc1C. The first-order valence-electron chi connectivity index (χ1n) is 9.10. The van der Waals surface area contributed by atoms with Crippen molar-refractivity contribution in [2.45, 2.75) is 26.5 Å². The lowest BCUT2D eigenvalue weighted by atomic mass is 10.1. The zero-order chi connectivity index (χ0) is 18.4. The van der Waals surface area contributed by atoms with Crippen molar-refractivity contribution in [3.63, 3.8) is 0 Å². The van der Waals surface area contributed by atoms with E-state index < -0.39 is 0 Å². The Morgan fingerprint density at radius 2 is 1.96 bits per heavy atom. The molecule has 1 heterocycles. The number of morpholine rings is 1. The third-order valence-electron chi connectivity index (χ3n) is 4.73. The van der Waals surface area contributed by atoms with Crippen molar-refractivity contribution in [1.82, 2.24) is 10.2 Å². The van der Waals surface area contributed by atoms with Gasteiger partial charge in [0.1, 0.15) is 0 Å². The molecule has 0 spiro atoms. The molecular weight excluding hydrogens is 342 g/mol. The second-order valence-electron chi connectivity index (χ2n) is 6.85. The summed E-state index contributed by atoms with van der Waals surface area (Å²) in [5, 5.41) is 7.18. The average Bonchev–Trinajstić information content (AvgIpc) is 2.64. The lowest BCUT2D eigenvalue weighted by Gasteiger charge is -2.33. The van der Waals surface area contributed by atoms with E-state index in [9.17, 15) is 0 Å². The summed E-state index contributed by atoms with van der Waals surface area (Å²) in [5.74, 6) is 0. The molecule has 5 heteroatoms. The van der Waals surface area contributed by atoms with Crippen molar-refractivity contribution < 1.29 is 4.74 Å². The van der Waals surface area contributed by atoms with Crippen molar-refractivity contribution in [2.24, 2.45) is 0 Å². The van der Waals surface area contributed by atoms with Gasteiger partial charge in [0, 0.05) is 31.9 Å². The Bertz CT molecular complexity index is 735. The van der Waals surface area contributed by atoms with Gasteiger partial charge in [0.05, 0.1) is 12.7 Å². The molecule has 1 aliphatic heterocycles. The number of thiocarbonyl (C=S) groups is 1. The second kappa shape index (κ2) is 9.12. The van der Waals surface area contributed by atoms with Crippen LogP contribution in [0, 0.1) is 13.8 Å². The molecule has 1 fully saturated rings. The van der Waals surface area contributed by atoms with Crippen molar-refractivity contribution in [2.75, 3.05) is 31.6 Å². The third-order valence-corrected chi connectivity index (χ3v) is 4.97. The van der Waals surface area contributed by atoms with Gasteiger partial charge in [-0.05, 0) is 54.9 Å². The Balaban J connectivity index is 1.44. The van der Waals surface area contributed by atoms with Crippen LogP contribution in [0.4, 0.5) is 5.69 Å². The molecule has 2 N–H and O–H groups in total. The molecule has 4 nitrogen and oxygen atoms in total. The van der Waals surface area contributed by atoms with E-state index in [1.807, 2.05) is 0 Å². The second-order valence-corrected chi connectivity index (χ2v) is 7.26. The molecular formula is C21H27N3OS. The molecule has 3 rings (SSSR count). The minimum atomic E-state index is 0.145. The first-order valence-corrected chi connectivity index (χ1v) is 9.51. The van der Waals surface area contributed by atoms with Crippen LogP contribution in [0.25, 0.3) is 0 Å². The Hall–Kier alpha value is -1.95. The first kappa shape index (κ1) is 18.8. The van der Waals surface area contributed by atoms with E-state index in [1.165, 1.54) is 16.7 Å². The summed E-state index contributed by atoms with van der Waals surface area (Å²) in [5.41, 5.74) is 4.89. The predicted molar refractivity (Wildman–Crippen MR) is 112 cm³/mol. The maximum atomic E-state index is 5.89. The molecule has 26 heavy (non-hydrogen) atoms. The van der Waals surface area contributed by atoms with Gasteiger partial charge in [-0.2, -0.15) is 0 Å². The number of ether oxygens (including phenoxy) is 1. The normalized spacial score (nSPS) is 17.7. The molecule has 0 unspecified atom stereocenters. The molecule has 1 atom stereocenters. The monoisotopic (exact) mass is 369 g/mol. The number of nitrogens with one attached hydrogen (secondary N) is 2. The van der Waals surface area contributed by atoms with Gasteiger partial charge < -0.3 is 15.4 Å². The van der Waals surface area contributed by atoms with E-state index >= 15 is 0 Å². The fraction of sp³-hybridized carbons (Fsp3) is 0.381. The van der Waals surface area contributed by atoms with E-state index in [-0.39, 0.29) is 6.10 Å². The van der Waals surface area contributed by atoms with E-state index in [0.717, 1.165) is 31.9 Å². The maximum absolute atomic E-state index is 5.89. The van der Waals surface area contributed by atoms with E-state index in [1.54, 1.807) is 0 Å². The number of hydrogen-bond acceptors (Lipinski definition) is 3.